The highest BCUT2D eigenvalue weighted by molar-refractivity contribution is 5.98. The van der Waals surface area contributed by atoms with Crippen LogP contribution in [0.15, 0.2) is 30.5 Å². The van der Waals surface area contributed by atoms with Gasteiger partial charge in [-0.2, -0.15) is 0 Å². The monoisotopic (exact) mass is 497 g/mol. The molecule has 1 amide bonds. The van der Waals surface area contributed by atoms with E-state index in [-0.39, 0.29) is 29.3 Å². The molecule has 0 radical (unpaired) electrons. The molecule has 1 aliphatic carbocycles. The van der Waals surface area contributed by atoms with Gasteiger partial charge in [0.1, 0.15) is 12.4 Å². The zero-order valence-corrected chi connectivity index (χ0v) is 20.3. The van der Waals surface area contributed by atoms with Gasteiger partial charge >= 0.3 is 0 Å². The molecule has 2 atom stereocenters. The number of nitrogens with two attached hydrogens (primary N) is 2. The number of pyridine rings is 1. The zero-order chi connectivity index (χ0) is 25.5. The molecule has 36 heavy (non-hydrogen) atoms. The average molecular weight is 498 g/mol. The summed E-state index contributed by atoms with van der Waals surface area (Å²) in [5, 5.41) is 6.17. The van der Waals surface area contributed by atoms with Gasteiger partial charge in [0.2, 0.25) is 5.88 Å². The first-order valence-electron chi connectivity index (χ1n) is 12.2. The number of rotatable bonds is 11. The van der Waals surface area contributed by atoms with Crippen LogP contribution < -0.4 is 26.8 Å². The lowest BCUT2D eigenvalue weighted by Gasteiger charge is -2.30. The molecule has 3 aromatic rings. The molecule has 11 heteroatoms. The van der Waals surface area contributed by atoms with Crippen LogP contribution in [0.3, 0.4) is 0 Å². The number of benzene rings is 1. The summed E-state index contributed by atoms with van der Waals surface area (Å²) in [5.74, 6) is -0.902. The van der Waals surface area contributed by atoms with Crippen LogP contribution in [0.4, 0.5) is 21.7 Å². The number of hydrogen-bond donors (Lipinski definition) is 4. The molecule has 0 aliphatic heterocycles. The van der Waals surface area contributed by atoms with Crippen LogP contribution in [0.5, 0.6) is 5.88 Å². The molecule has 0 saturated heterocycles. The number of carbonyl (C=O) groups is 1. The minimum Gasteiger partial charge on any atom is -0.474 e. The fourth-order valence-electron chi connectivity index (χ4n) is 4.12. The van der Waals surface area contributed by atoms with Gasteiger partial charge in [-0.3, -0.25) is 4.79 Å². The average Bonchev–Trinajstić information content (AvgIpc) is 2.87. The quantitative estimate of drug-likeness (QED) is 0.292. The molecule has 0 unspecified atom stereocenters. The van der Waals surface area contributed by atoms with Crippen LogP contribution in [0, 0.1) is 5.82 Å². The molecular weight excluding hydrogens is 465 g/mol. The first-order valence-corrected chi connectivity index (χ1v) is 12.2. The number of hydrogen-bond acceptors (Lipinski definition) is 9. The molecule has 1 aliphatic rings. The predicted molar refractivity (Wildman–Crippen MR) is 136 cm³/mol. The van der Waals surface area contributed by atoms with Gasteiger partial charge in [0.25, 0.3) is 5.91 Å². The van der Waals surface area contributed by atoms with Gasteiger partial charge < -0.3 is 31.6 Å². The molecule has 2 aromatic heterocycles. The number of halogens is 1. The summed E-state index contributed by atoms with van der Waals surface area (Å²) < 4.78 is 25.8. The smallest absolute Gasteiger partial charge is 0.252 e. The third-order valence-electron chi connectivity index (χ3n) is 5.99. The van der Waals surface area contributed by atoms with E-state index >= 15 is 0 Å². The Kier molecular flexibility index (Phi) is 8.44. The van der Waals surface area contributed by atoms with E-state index < -0.39 is 11.7 Å². The third-order valence-corrected chi connectivity index (χ3v) is 5.99. The van der Waals surface area contributed by atoms with Crippen molar-refractivity contribution < 1.29 is 18.7 Å². The van der Waals surface area contributed by atoms with Crippen molar-refractivity contribution in [2.24, 2.45) is 11.5 Å². The molecule has 0 spiro atoms. The van der Waals surface area contributed by atoms with Crippen LogP contribution in [-0.2, 0) is 4.74 Å². The number of primary amides is 1. The van der Waals surface area contributed by atoms with E-state index in [1.54, 1.807) is 18.2 Å². The van der Waals surface area contributed by atoms with E-state index in [1.165, 1.54) is 6.20 Å². The SMILES string of the molecule is CCCOCCOc1cnc2cc(Nc3nc(N[C@@H]4CCCC[C@@H]4N)c(F)cc3C(N)=O)ccc2n1. The number of amides is 1. The minimum atomic E-state index is -0.796. The Bertz CT molecular complexity index is 1210. The molecule has 1 saturated carbocycles. The molecular formula is C25H32FN7O3. The van der Waals surface area contributed by atoms with Gasteiger partial charge in [-0.15, -0.1) is 0 Å². The minimum absolute atomic E-state index is 0.0233. The Labute approximate surface area is 209 Å². The lowest BCUT2D eigenvalue weighted by Crippen LogP contribution is -2.43. The Morgan fingerprint density at radius 1 is 1.11 bits per heavy atom. The van der Waals surface area contributed by atoms with Crippen molar-refractivity contribution in [3.8, 4) is 5.88 Å². The highest BCUT2D eigenvalue weighted by atomic mass is 19.1. The second-order valence-corrected chi connectivity index (χ2v) is 8.78. The second-order valence-electron chi connectivity index (χ2n) is 8.78. The van der Waals surface area contributed by atoms with Gasteiger partial charge in [0.05, 0.1) is 29.4 Å². The van der Waals surface area contributed by atoms with Crippen molar-refractivity contribution in [3.63, 3.8) is 0 Å². The Balaban J connectivity index is 1.52. The third kappa shape index (κ3) is 6.35. The van der Waals surface area contributed by atoms with Gasteiger partial charge in [0.15, 0.2) is 11.6 Å². The zero-order valence-electron chi connectivity index (χ0n) is 20.3. The first-order chi connectivity index (χ1) is 17.4. The maximum Gasteiger partial charge on any atom is 0.252 e. The van der Waals surface area contributed by atoms with E-state index in [2.05, 4.69) is 25.6 Å². The fourth-order valence-corrected chi connectivity index (χ4v) is 4.12. The van der Waals surface area contributed by atoms with Crippen LogP contribution in [0.2, 0.25) is 0 Å². The van der Waals surface area contributed by atoms with Crippen LogP contribution in [0.25, 0.3) is 11.0 Å². The van der Waals surface area contributed by atoms with E-state index in [0.717, 1.165) is 38.2 Å². The normalized spacial score (nSPS) is 17.6. The lowest BCUT2D eigenvalue weighted by molar-refractivity contribution is 0.0990. The maximum atomic E-state index is 14.8. The molecule has 0 bridgehead atoms. The van der Waals surface area contributed by atoms with E-state index in [9.17, 15) is 9.18 Å². The molecule has 1 fully saturated rings. The van der Waals surface area contributed by atoms with Crippen LogP contribution >= 0.6 is 0 Å². The summed E-state index contributed by atoms with van der Waals surface area (Å²) in [6.45, 7) is 3.60. The summed E-state index contributed by atoms with van der Waals surface area (Å²) in [4.78, 5) is 25.2. The Hall–Kier alpha value is -3.57. The summed E-state index contributed by atoms with van der Waals surface area (Å²) in [7, 11) is 0. The lowest BCUT2D eigenvalue weighted by atomic mass is 9.91. The predicted octanol–water partition coefficient (Wildman–Crippen LogP) is 3.49. The summed E-state index contributed by atoms with van der Waals surface area (Å²) in [6, 6.07) is 6.16. The van der Waals surface area contributed by atoms with Crippen molar-refractivity contribution in [1.29, 1.82) is 0 Å². The molecule has 10 nitrogen and oxygen atoms in total. The number of carbonyl (C=O) groups excluding carboxylic acids is 1. The standard InChI is InChI=1S/C25H32FN7O3/c1-2-9-35-10-11-36-22-14-29-21-12-15(7-8-20(21)31-22)30-24-16(23(28)34)13-17(26)25(33-24)32-19-6-4-3-5-18(19)27/h7-8,12-14,18-19H,2-6,9-11,27H2,1H3,(H2,28,34)(H2,30,32,33)/t18-,19+/m0/s1. The number of fused-ring (bicyclic) bond motifs is 1. The van der Waals surface area contributed by atoms with Gasteiger partial charge in [0, 0.05) is 24.4 Å². The summed E-state index contributed by atoms with van der Waals surface area (Å²) >= 11 is 0. The van der Waals surface area contributed by atoms with Crippen molar-refractivity contribution >= 4 is 34.3 Å². The van der Waals surface area contributed by atoms with Gasteiger partial charge in [-0.1, -0.05) is 19.8 Å². The highest BCUT2D eigenvalue weighted by Crippen LogP contribution is 2.28. The van der Waals surface area contributed by atoms with Crippen LogP contribution in [-0.4, -0.2) is 52.8 Å². The van der Waals surface area contributed by atoms with E-state index in [4.69, 9.17) is 20.9 Å². The van der Waals surface area contributed by atoms with Gasteiger partial charge in [-0.05, 0) is 43.5 Å². The molecule has 1 aromatic carbocycles. The van der Waals surface area contributed by atoms with E-state index in [1.807, 2.05) is 6.92 Å². The van der Waals surface area contributed by atoms with Crippen molar-refractivity contribution in [2.75, 3.05) is 30.5 Å². The maximum absolute atomic E-state index is 14.8. The number of aromatic nitrogens is 3. The largest absolute Gasteiger partial charge is 0.474 e. The first kappa shape index (κ1) is 25.5. The number of anilines is 3. The Morgan fingerprint density at radius 3 is 2.72 bits per heavy atom. The number of ether oxygens (including phenoxy) is 2. The van der Waals surface area contributed by atoms with Crippen molar-refractivity contribution in [3.05, 3.63) is 41.8 Å². The van der Waals surface area contributed by atoms with Crippen molar-refractivity contribution in [2.45, 2.75) is 51.1 Å². The summed E-state index contributed by atoms with van der Waals surface area (Å²) in [6.07, 6.45) is 6.23. The molecule has 2 heterocycles. The van der Waals surface area contributed by atoms with Gasteiger partial charge in [-0.25, -0.2) is 19.3 Å². The van der Waals surface area contributed by atoms with Crippen LogP contribution in [0.1, 0.15) is 49.4 Å². The number of nitrogens with one attached hydrogen (secondary N) is 2. The number of nitrogens with zero attached hydrogens (tertiary/aromatic N) is 3. The molecule has 4 rings (SSSR count). The highest BCUT2D eigenvalue weighted by Gasteiger charge is 2.24. The Morgan fingerprint density at radius 2 is 1.94 bits per heavy atom. The molecule has 6 N–H and O–H groups in total. The summed E-state index contributed by atoms with van der Waals surface area (Å²) in [5.41, 5.74) is 13.4. The molecule has 192 valence electrons. The fraction of sp³-hybridized carbons (Fsp3) is 0.440. The second kappa shape index (κ2) is 11.9. The van der Waals surface area contributed by atoms with Crippen molar-refractivity contribution in [1.82, 2.24) is 15.0 Å². The van der Waals surface area contributed by atoms with E-state index in [0.29, 0.717) is 42.4 Å². The topological polar surface area (TPSA) is 150 Å².